The number of carbonyl (C=O) groups is 1. The first kappa shape index (κ1) is 32.4. The number of benzene rings is 2. The first-order chi connectivity index (χ1) is 21.6. The molecule has 1 spiro atoms. The quantitative estimate of drug-likeness (QED) is 0.274. The predicted molar refractivity (Wildman–Crippen MR) is 154 cm³/mol. The summed E-state index contributed by atoms with van der Waals surface area (Å²) in [5.41, 5.74) is -1.28. The molecule has 16 heteroatoms. The number of ether oxygens (including phenoxy) is 1. The Balaban J connectivity index is 1.35. The molecule has 1 aromatic heterocycles. The molecule has 1 saturated carbocycles. The van der Waals surface area contributed by atoms with Gasteiger partial charge in [-0.15, -0.1) is 13.2 Å². The van der Waals surface area contributed by atoms with E-state index in [-0.39, 0.29) is 16.4 Å². The first-order valence-corrected chi connectivity index (χ1v) is 16.8. The van der Waals surface area contributed by atoms with Crippen LogP contribution in [0.2, 0.25) is 0 Å². The fraction of sp³-hybridized carbons (Fsp3) is 0.400. The van der Waals surface area contributed by atoms with Crippen molar-refractivity contribution in [3.8, 4) is 5.75 Å². The van der Waals surface area contributed by atoms with E-state index >= 15 is 0 Å². The highest BCUT2D eigenvalue weighted by Crippen LogP contribution is 2.59. The topological polar surface area (TPSA) is 88.6 Å². The van der Waals surface area contributed by atoms with Gasteiger partial charge in [0.15, 0.2) is 0 Å². The number of rotatable bonds is 7. The van der Waals surface area contributed by atoms with Crippen LogP contribution >= 0.6 is 11.8 Å². The van der Waals surface area contributed by atoms with Crippen LogP contribution in [0, 0.1) is 11.7 Å². The van der Waals surface area contributed by atoms with Crippen molar-refractivity contribution in [2.45, 2.75) is 61.1 Å². The minimum absolute atomic E-state index is 0.00845. The Morgan fingerprint density at radius 3 is 2.39 bits per heavy atom. The number of anilines is 1. The number of alkyl halides is 6. The molecule has 2 fully saturated rings. The van der Waals surface area contributed by atoms with Gasteiger partial charge in [0.05, 0.1) is 34.4 Å². The number of thioether (sulfide) groups is 1. The third-order valence-corrected chi connectivity index (χ3v) is 11.3. The molecule has 1 N–H and O–H groups in total. The molecule has 1 aliphatic carbocycles. The molecule has 6 rings (SSSR count). The molecule has 246 valence electrons. The van der Waals surface area contributed by atoms with Crippen LogP contribution in [0.25, 0.3) is 0 Å². The van der Waals surface area contributed by atoms with E-state index in [0.717, 1.165) is 36.5 Å². The molecule has 1 saturated heterocycles. The highest BCUT2D eigenvalue weighted by atomic mass is 32.2. The fourth-order valence-electron chi connectivity index (χ4n) is 6.40. The number of fused-ring (bicyclic) bond motifs is 2. The first-order valence-electron chi connectivity index (χ1n) is 14.2. The maximum atomic E-state index is 14.3. The van der Waals surface area contributed by atoms with E-state index in [2.05, 4.69) is 15.0 Å². The maximum Gasteiger partial charge on any atom is 0.573 e. The lowest BCUT2D eigenvalue weighted by Gasteiger charge is -2.41. The van der Waals surface area contributed by atoms with Gasteiger partial charge in [0.2, 0.25) is 0 Å². The second kappa shape index (κ2) is 11.6. The van der Waals surface area contributed by atoms with Gasteiger partial charge in [-0.2, -0.15) is 24.9 Å². The van der Waals surface area contributed by atoms with Crippen molar-refractivity contribution in [2.75, 3.05) is 15.8 Å². The second-order valence-electron chi connectivity index (χ2n) is 11.4. The molecule has 1 amide bonds. The summed E-state index contributed by atoms with van der Waals surface area (Å²) >= 11 is 1.71. The van der Waals surface area contributed by atoms with E-state index in [1.807, 2.05) is 0 Å². The lowest BCUT2D eigenvalue weighted by atomic mass is 9.70. The zero-order chi connectivity index (χ0) is 33.1. The average molecular weight is 690 g/mol. The van der Waals surface area contributed by atoms with Crippen molar-refractivity contribution in [3.63, 3.8) is 0 Å². The number of hydrogen-bond acceptors (Lipinski definition) is 6. The van der Waals surface area contributed by atoms with E-state index in [1.165, 1.54) is 28.6 Å². The fourth-order valence-corrected chi connectivity index (χ4v) is 9.45. The van der Waals surface area contributed by atoms with Gasteiger partial charge in [0.25, 0.3) is 15.9 Å². The standard InChI is InChI=1S/C30H26F7N3O4S2/c31-23-13-19(29(32,33)34)15-38-24(23)16-39-27(41)18-6-7-25-22(12-18)28(8-10-45-11-9-28)26(17-4-5-17)40(25)46(42,43)21-3-1-2-20(14-21)44-30(35,36)37/h1-3,6-7,12-15,17,26H,4-5,8-11,16H2,(H,39,41). The van der Waals surface area contributed by atoms with Crippen LogP contribution in [0.5, 0.6) is 5.75 Å². The van der Waals surface area contributed by atoms with Crippen molar-refractivity contribution < 1.29 is 48.7 Å². The minimum atomic E-state index is -5.02. The number of amides is 1. The number of aromatic nitrogens is 1. The Morgan fingerprint density at radius 2 is 1.76 bits per heavy atom. The van der Waals surface area contributed by atoms with E-state index in [9.17, 15) is 43.9 Å². The molecule has 46 heavy (non-hydrogen) atoms. The third-order valence-electron chi connectivity index (χ3n) is 8.56. The Hall–Kier alpha value is -3.53. The van der Waals surface area contributed by atoms with Crippen molar-refractivity contribution in [1.82, 2.24) is 10.3 Å². The van der Waals surface area contributed by atoms with Gasteiger partial charge in [-0.05, 0) is 85.1 Å². The van der Waals surface area contributed by atoms with Gasteiger partial charge < -0.3 is 10.1 Å². The summed E-state index contributed by atoms with van der Waals surface area (Å²) in [6, 6.07) is 8.45. The third kappa shape index (κ3) is 6.12. The van der Waals surface area contributed by atoms with Crippen LogP contribution in [0.3, 0.4) is 0 Å². The lowest BCUT2D eigenvalue weighted by molar-refractivity contribution is -0.274. The SMILES string of the molecule is O=C(NCc1ncc(C(F)(F)F)cc1F)c1ccc2c(c1)C1(CCSCC1)C(C1CC1)N2S(=O)(=O)c1cccc(OC(F)(F)F)c1. The zero-order valence-corrected chi connectivity index (χ0v) is 25.4. The summed E-state index contributed by atoms with van der Waals surface area (Å²) in [5, 5.41) is 2.47. The van der Waals surface area contributed by atoms with E-state index in [0.29, 0.717) is 36.4 Å². The molecular formula is C30H26F7N3O4S2. The van der Waals surface area contributed by atoms with Gasteiger partial charge in [-0.25, -0.2) is 12.8 Å². The highest BCUT2D eigenvalue weighted by molar-refractivity contribution is 7.99. The Bertz CT molecular complexity index is 1770. The number of nitrogens with zero attached hydrogens (tertiary/aromatic N) is 2. The van der Waals surface area contributed by atoms with Crippen LogP contribution in [0.1, 0.15) is 52.9 Å². The minimum Gasteiger partial charge on any atom is -0.406 e. The van der Waals surface area contributed by atoms with Gasteiger partial charge >= 0.3 is 12.5 Å². The Kier molecular flexibility index (Phi) is 8.18. The predicted octanol–water partition coefficient (Wildman–Crippen LogP) is 6.82. The maximum absolute atomic E-state index is 14.3. The average Bonchev–Trinajstić information content (AvgIpc) is 3.79. The van der Waals surface area contributed by atoms with Gasteiger partial charge in [-0.1, -0.05) is 6.07 Å². The van der Waals surface area contributed by atoms with Crippen molar-refractivity contribution in [1.29, 1.82) is 0 Å². The second-order valence-corrected chi connectivity index (χ2v) is 14.5. The smallest absolute Gasteiger partial charge is 0.406 e. The molecule has 0 bridgehead atoms. The largest absolute Gasteiger partial charge is 0.573 e. The normalized spacial score (nSPS) is 19.6. The molecular weight excluding hydrogens is 663 g/mol. The summed E-state index contributed by atoms with van der Waals surface area (Å²) in [6.07, 6.45) is -6.61. The van der Waals surface area contributed by atoms with Crippen LogP contribution in [-0.2, 0) is 28.2 Å². The number of sulfonamides is 1. The molecule has 1 unspecified atom stereocenters. The molecule has 3 heterocycles. The number of nitrogens with one attached hydrogen (secondary N) is 1. The zero-order valence-electron chi connectivity index (χ0n) is 23.8. The lowest BCUT2D eigenvalue weighted by Crippen LogP contribution is -2.50. The summed E-state index contributed by atoms with van der Waals surface area (Å²) in [5.74, 6) is -1.15. The van der Waals surface area contributed by atoms with E-state index in [4.69, 9.17) is 0 Å². The van der Waals surface area contributed by atoms with Crippen molar-refractivity contribution >= 4 is 33.4 Å². The monoisotopic (exact) mass is 689 g/mol. The van der Waals surface area contributed by atoms with E-state index < -0.39 is 69.3 Å². The van der Waals surface area contributed by atoms with Crippen molar-refractivity contribution in [2.24, 2.45) is 5.92 Å². The van der Waals surface area contributed by atoms with Crippen molar-refractivity contribution in [3.05, 3.63) is 82.9 Å². The molecule has 0 radical (unpaired) electrons. The molecule has 3 aromatic rings. The van der Waals surface area contributed by atoms with Crippen LogP contribution < -0.4 is 14.4 Å². The summed E-state index contributed by atoms with van der Waals surface area (Å²) < 4.78 is 126. The molecule has 7 nitrogen and oxygen atoms in total. The summed E-state index contributed by atoms with van der Waals surface area (Å²) in [4.78, 5) is 16.4. The van der Waals surface area contributed by atoms with Crippen LogP contribution in [0.15, 0.2) is 59.6 Å². The van der Waals surface area contributed by atoms with Crippen LogP contribution in [-0.4, -0.2) is 43.2 Å². The number of hydrogen-bond donors (Lipinski definition) is 1. The molecule has 2 aromatic carbocycles. The Morgan fingerprint density at radius 1 is 1.04 bits per heavy atom. The molecule has 2 aliphatic heterocycles. The number of pyridine rings is 1. The Labute approximate surface area is 263 Å². The summed E-state index contributed by atoms with van der Waals surface area (Å²) in [7, 11) is -4.41. The number of halogens is 7. The van der Waals surface area contributed by atoms with Crippen LogP contribution in [0.4, 0.5) is 36.4 Å². The van der Waals surface area contributed by atoms with Gasteiger partial charge in [0, 0.05) is 23.2 Å². The molecule has 1 atom stereocenters. The number of carbonyl (C=O) groups excluding carboxylic acids is 1. The highest BCUT2D eigenvalue weighted by Gasteiger charge is 2.59. The molecule has 3 aliphatic rings. The van der Waals surface area contributed by atoms with E-state index in [1.54, 1.807) is 17.8 Å². The van der Waals surface area contributed by atoms with Gasteiger partial charge in [0.1, 0.15) is 11.6 Å². The van der Waals surface area contributed by atoms with Gasteiger partial charge in [-0.3, -0.25) is 14.1 Å². The summed E-state index contributed by atoms with van der Waals surface area (Å²) in [6.45, 7) is -0.497.